The summed E-state index contributed by atoms with van der Waals surface area (Å²) in [6.07, 6.45) is 0. The van der Waals surface area contributed by atoms with E-state index in [2.05, 4.69) is 4.98 Å². The van der Waals surface area contributed by atoms with Gasteiger partial charge in [0, 0.05) is 5.56 Å². The molecule has 7 heteroatoms. The zero-order valence-corrected chi connectivity index (χ0v) is 19.8. The van der Waals surface area contributed by atoms with Gasteiger partial charge in [-0.1, -0.05) is 60.2 Å². The lowest BCUT2D eigenvalue weighted by Crippen LogP contribution is -2.24. The second-order valence-corrected chi connectivity index (χ2v) is 8.76. The number of hydrogen-bond acceptors (Lipinski definition) is 4. The molecule has 1 amide bonds. The normalized spacial score (nSPS) is 11.2. The van der Waals surface area contributed by atoms with Gasteiger partial charge >= 0.3 is 5.69 Å². The van der Waals surface area contributed by atoms with Crippen LogP contribution in [-0.2, 0) is 6.54 Å². The first-order chi connectivity index (χ1) is 16.8. The second kappa shape index (κ2) is 8.68. The van der Waals surface area contributed by atoms with E-state index in [-0.39, 0.29) is 17.9 Å². The second-order valence-electron chi connectivity index (χ2n) is 8.76. The number of hydrogen-bond donors (Lipinski definition) is 1. The zero-order chi connectivity index (χ0) is 24.7. The first-order valence-corrected chi connectivity index (χ1v) is 11.3. The molecule has 2 N–H and O–H groups in total. The molecule has 0 aliphatic rings. The first-order valence-electron chi connectivity index (χ1n) is 11.3. The molecule has 0 atom stereocenters. The summed E-state index contributed by atoms with van der Waals surface area (Å²) in [4.78, 5) is 35.8. The minimum atomic E-state index is -0.717. The Kier molecular flexibility index (Phi) is 5.53. The van der Waals surface area contributed by atoms with Gasteiger partial charge in [-0.3, -0.25) is 9.36 Å². The Morgan fingerprint density at radius 1 is 0.886 bits per heavy atom. The van der Waals surface area contributed by atoms with Crippen LogP contribution in [0.1, 0.15) is 32.7 Å². The lowest BCUT2D eigenvalue weighted by Gasteiger charge is -2.09. The lowest BCUT2D eigenvalue weighted by molar-refractivity contribution is 0.0997. The highest BCUT2D eigenvalue weighted by atomic mass is 16.2. The highest BCUT2D eigenvalue weighted by molar-refractivity contribution is 6.02. The van der Waals surface area contributed by atoms with E-state index in [9.17, 15) is 9.59 Å². The number of nitrogens with zero attached hydrogens (tertiary/aromatic N) is 4. The van der Waals surface area contributed by atoms with Gasteiger partial charge in [0.15, 0.2) is 17.2 Å². The average Bonchev–Trinajstić information content (AvgIpc) is 3.12. The number of amides is 1. The molecule has 2 heterocycles. The van der Waals surface area contributed by atoms with Gasteiger partial charge in [-0.25, -0.2) is 19.3 Å². The monoisotopic (exact) mass is 463 g/mol. The van der Waals surface area contributed by atoms with E-state index in [0.717, 1.165) is 27.8 Å². The molecule has 0 aliphatic carbocycles. The molecule has 35 heavy (non-hydrogen) atoms. The fraction of sp³-hybridized carbons (Fsp3) is 0.143. The van der Waals surface area contributed by atoms with Crippen molar-refractivity contribution in [1.82, 2.24) is 19.1 Å². The summed E-state index contributed by atoms with van der Waals surface area (Å²) in [5.74, 6) is -0.380. The van der Waals surface area contributed by atoms with Crippen LogP contribution in [0.4, 0.5) is 0 Å². The van der Waals surface area contributed by atoms with Gasteiger partial charge in [0.2, 0.25) is 0 Å². The van der Waals surface area contributed by atoms with Gasteiger partial charge < -0.3 is 5.73 Å². The van der Waals surface area contributed by atoms with Crippen LogP contribution in [0, 0.1) is 20.8 Å². The third-order valence-corrected chi connectivity index (χ3v) is 6.21. The summed E-state index contributed by atoms with van der Waals surface area (Å²) in [6.45, 7) is 6.23. The number of imidazole rings is 1. The molecular weight excluding hydrogens is 438 g/mol. The maximum Gasteiger partial charge on any atom is 0.335 e. The SMILES string of the molecule is Cc1cccc(-c2nc(C(N)=O)c3c(n2)n(-c2ccc(C)c(C)c2)c(=O)n3Cc2ccccc2)c1. The topological polar surface area (TPSA) is 95.8 Å². The predicted octanol–water partition coefficient (Wildman–Crippen LogP) is 4.32. The maximum atomic E-state index is 13.9. The molecule has 0 bridgehead atoms. The molecule has 5 aromatic rings. The van der Waals surface area contributed by atoms with Gasteiger partial charge in [-0.15, -0.1) is 0 Å². The van der Waals surface area contributed by atoms with Crippen LogP contribution in [0.3, 0.4) is 0 Å². The molecule has 0 unspecified atom stereocenters. The van der Waals surface area contributed by atoms with Crippen molar-refractivity contribution in [2.24, 2.45) is 5.73 Å². The molecular formula is C28H25N5O2. The molecule has 0 spiro atoms. The Labute approximate surface area is 202 Å². The Morgan fingerprint density at radius 3 is 2.34 bits per heavy atom. The predicted molar refractivity (Wildman–Crippen MR) is 137 cm³/mol. The fourth-order valence-electron chi connectivity index (χ4n) is 4.25. The van der Waals surface area contributed by atoms with Crippen molar-refractivity contribution < 1.29 is 4.79 Å². The number of benzene rings is 3. The lowest BCUT2D eigenvalue weighted by atomic mass is 10.1. The number of fused-ring (bicyclic) bond motifs is 1. The van der Waals surface area contributed by atoms with Crippen molar-refractivity contribution in [2.75, 3.05) is 0 Å². The molecule has 3 aromatic carbocycles. The molecule has 0 radical (unpaired) electrons. The van der Waals surface area contributed by atoms with Gasteiger partial charge in [0.1, 0.15) is 5.52 Å². The molecule has 0 fully saturated rings. The van der Waals surface area contributed by atoms with Crippen molar-refractivity contribution in [2.45, 2.75) is 27.3 Å². The standard InChI is InChI=1S/C28H25N5O2/c1-17-8-7-11-21(14-17)26-30-23(25(29)34)24-27(31-26)33(22-13-12-18(2)19(3)15-22)28(35)32(24)16-20-9-5-4-6-10-20/h4-15H,16H2,1-3H3,(H2,29,34). The van der Waals surface area contributed by atoms with E-state index < -0.39 is 5.91 Å². The summed E-state index contributed by atoms with van der Waals surface area (Å²) < 4.78 is 3.07. The minimum absolute atomic E-state index is 0.0159. The van der Waals surface area contributed by atoms with Crippen molar-refractivity contribution in [3.63, 3.8) is 0 Å². The summed E-state index contributed by atoms with van der Waals surface area (Å²) in [6, 6.07) is 23.1. The van der Waals surface area contributed by atoms with E-state index in [1.807, 2.05) is 93.6 Å². The smallest absolute Gasteiger partial charge is 0.335 e. The first kappa shape index (κ1) is 22.3. The van der Waals surface area contributed by atoms with Crippen molar-refractivity contribution in [3.05, 3.63) is 111 Å². The maximum absolute atomic E-state index is 13.9. The van der Waals surface area contributed by atoms with Crippen LogP contribution in [0.25, 0.3) is 28.2 Å². The highest BCUT2D eigenvalue weighted by Crippen LogP contribution is 2.25. The average molecular weight is 464 g/mol. The molecule has 0 aliphatic heterocycles. The number of aromatic nitrogens is 4. The molecule has 5 rings (SSSR count). The molecule has 2 aromatic heterocycles. The summed E-state index contributed by atoms with van der Waals surface area (Å²) in [5.41, 5.74) is 11.7. The van der Waals surface area contributed by atoms with Gasteiger partial charge in [0.05, 0.1) is 12.2 Å². The summed E-state index contributed by atoms with van der Waals surface area (Å²) >= 11 is 0. The quantitative estimate of drug-likeness (QED) is 0.420. The van der Waals surface area contributed by atoms with Gasteiger partial charge in [-0.05, 0) is 55.7 Å². The number of carbonyl (C=O) groups excluding carboxylic acids is 1. The van der Waals surface area contributed by atoms with E-state index in [4.69, 9.17) is 10.7 Å². The zero-order valence-electron chi connectivity index (χ0n) is 19.8. The third kappa shape index (κ3) is 4.01. The van der Waals surface area contributed by atoms with Crippen LogP contribution in [0.2, 0.25) is 0 Å². The highest BCUT2D eigenvalue weighted by Gasteiger charge is 2.24. The van der Waals surface area contributed by atoms with Crippen molar-refractivity contribution in [1.29, 1.82) is 0 Å². The number of rotatable bonds is 5. The van der Waals surface area contributed by atoms with Gasteiger partial charge in [-0.2, -0.15) is 0 Å². The Bertz CT molecular complexity index is 1650. The van der Waals surface area contributed by atoms with E-state index >= 15 is 0 Å². The van der Waals surface area contributed by atoms with Crippen molar-refractivity contribution in [3.8, 4) is 17.1 Å². The number of carbonyl (C=O) groups is 1. The fourth-order valence-corrected chi connectivity index (χ4v) is 4.25. The largest absolute Gasteiger partial charge is 0.364 e. The molecule has 7 nitrogen and oxygen atoms in total. The van der Waals surface area contributed by atoms with Crippen molar-refractivity contribution >= 4 is 17.1 Å². The Morgan fingerprint density at radius 2 is 1.66 bits per heavy atom. The van der Waals surface area contributed by atoms with Crippen LogP contribution in [0.5, 0.6) is 0 Å². The minimum Gasteiger partial charge on any atom is -0.364 e. The molecule has 174 valence electrons. The summed E-state index contributed by atoms with van der Waals surface area (Å²) in [5, 5.41) is 0. The van der Waals surface area contributed by atoms with Crippen LogP contribution in [-0.4, -0.2) is 25.0 Å². The van der Waals surface area contributed by atoms with E-state index in [1.165, 1.54) is 9.13 Å². The Balaban J connectivity index is 1.88. The molecule has 0 saturated carbocycles. The van der Waals surface area contributed by atoms with Gasteiger partial charge in [0.25, 0.3) is 5.91 Å². The number of aryl methyl sites for hydroxylation is 3. The van der Waals surface area contributed by atoms with Crippen LogP contribution >= 0.6 is 0 Å². The van der Waals surface area contributed by atoms with Crippen LogP contribution in [0.15, 0.2) is 77.6 Å². The van der Waals surface area contributed by atoms with E-state index in [0.29, 0.717) is 22.7 Å². The molecule has 0 saturated heterocycles. The Hall–Kier alpha value is -4.52. The van der Waals surface area contributed by atoms with E-state index in [1.54, 1.807) is 0 Å². The van der Waals surface area contributed by atoms with Crippen LogP contribution < -0.4 is 11.4 Å². The summed E-state index contributed by atoms with van der Waals surface area (Å²) in [7, 11) is 0. The third-order valence-electron chi connectivity index (χ3n) is 6.21. The number of primary amides is 1. The number of nitrogens with two attached hydrogens (primary N) is 1.